The molecule has 0 aromatic heterocycles. The van der Waals surface area contributed by atoms with Crippen LogP contribution in [0.25, 0.3) is 0 Å². The average Bonchev–Trinajstić information content (AvgIpc) is 3.00. The summed E-state index contributed by atoms with van der Waals surface area (Å²) >= 11 is 7.44. The number of carbonyl (C=O) groups is 1. The van der Waals surface area contributed by atoms with Gasteiger partial charge in [0, 0.05) is 34.0 Å². The van der Waals surface area contributed by atoms with E-state index < -0.39 is 16.4 Å². The summed E-state index contributed by atoms with van der Waals surface area (Å²) in [5.41, 5.74) is 0.204. The maximum absolute atomic E-state index is 12.5. The summed E-state index contributed by atoms with van der Waals surface area (Å²) in [5.74, 6) is -0.767. The van der Waals surface area contributed by atoms with E-state index in [1.165, 1.54) is 24.0 Å². The Labute approximate surface area is 165 Å². The molecule has 1 heterocycles. The summed E-state index contributed by atoms with van der Waals surface area (Å²) < 4.78 is 5.21. The van der Waals surface area contributed by atoms with E-state index in [4.69, 9.17) is 16.3 Å². The van der Waals surface area contributed by atoms with Gasteiger partial charge < -0.3 is 9.84 Å². The van der Waals surface area contributed by atoms with Crippen LogP contribution in [0.5, 0.6) is 5.75 Å². The largest absolute Gasteiger partial charge is 0.502 e. The molecule has 1 aliphatic heterocycles. The fourth-order valence-corrected chi connectivity index (χ4v) is 5.16. The predicted octanol–water partition coefficient (Wildman–Crippen LogP) is 4.45. The van der Waals surface area contributed by atoms with Crippen molar-refractivity contribution < 1.29 is 19.6 Å². The highest BCUT2D eigenvalue weighted by molar-refractivity contribution is 8.04. The number of phenols is 1. The highest BCUT2D eigenvalue weighted by Crippen LogP contribution is 2.49. The standard InChI is InChI=1S/C18H19ClN2O5S/c1-2-26-18(23)15-12-5-3-4-6-14(12)27-17(15)20-9-10-7-11(19)8-13(16(10)22)21(24)25/h7-9,12,14,22H,2-6H2,1H3/b20-9+. The SMILES string of the molecule is CCOC(=O)C1=C(/N=C/c2cc(Cl)cc([N+](=O)[O-])c2O)SC2CCCCC12. The third kappa shape index (κ3) is 4.11. The minimum atomic E-state index is -0.708. The van der Waals surface area contributed by atoms with Crippen LogP contribution in [0, 0.1) is 16.0 Å². The lowest BCUT2D eigenvalue weighted by atomic mass is 9.84. The van der Waals surface area contributed by atoms with Crippen molar-refractivity contribution in [3.63, 3.8) is 0 Å². The number of aromatic hydroxyl groups is 1. The Kier molecular flexibility index (Phi) is 6.06. The molecule has 2 atom stereocenters. The summed E-state index contributed by atoms with van der Waals surface area (Å²) in [6, 6.07) is 2.47. The van der Waals surface area contributed by atoms with Gasteiger partial charge in [0.1, 0.15) is 5.03 Å². The van der Waals surface area contributed by atoms with E-state index in [-0.39, 0.29) is 34.3 Å². The third-order valence-corrected chi connectivity index (χ3v) is 6.30. The number of hydrogen-bond donors (Lipinski definition) is 1. The highest BCUT2D eigenvalue weighted by atomic mass is 35.5. The van der Waals surface area contributed by atoms with Crippen LogP contribution >= 0.6 is 23.4 Å². The van der Waals surface area contributed by atoms with E-state index in [0.717, 1.165) is 31.7 Å². The van der Waals surface area contributed by atoms with Crippen molar-refractivity contribution in [1.29, 1.82) is 0 Å². The highest BCUT2D eigenvalue weighted by Gasteiger charge is 2.41. The molecule has 1 fully saturated rings. The molecule has 1 N–H and O–H groups in total. The molecule has 27 heavy (non-hydrogen) atoms. The fraction of sp³-hybridized carbons (Fsp3) is 0.444. The van der Waals surface area contributed by atoms with Gasteiger partial charge in [0.25, 0.3) is 0 Å². The molecule has 0 radical (unpaired) electrons. The summed E-state index contributed by atoms with van der Waals surface area (Å²) in [6.07, 6.45) is 5.41. The van der Waals surface area contributed by atoms with Gasteiger partial charge >= 0.3 is 11.7 Å². The first-order valence-corrected chi connectivity index (χ1v) is 9.97. The first kappa shape index (κ1) is 19.7. The Morgan fingerprint density at radius 2 is 2.22 bits per heavy atom. The lowest BCUT2D eigenvalue weighted by molar-refractivity contribution is -0.385. The number of hydrogen-bond acceptors (Lipinski definition) is 7. The second-order valence-corrected chi connectivity index (χ2v) is 8.03. The average molecular weight is 411 g/mol. The number of ether oxygens (including phenoxy) is 1. The van der Waals surface area contributed by atoms with Gasteiger partial charge in [0.2, 0.25) is 5.75 Å². The van der Waals surface area contributed by atoms with Gasteiger partial charge in [0.05, 0.1) is 17.1 Å². The van der Waals surface area contributed by atoms with Crippen LogP contribution in [0.4, 0.5) is 5.69 Å². The molecule has 144 valence electrons. The monoisotopic (exact) mass is 410 g/mol. The summed E-state index contributed by atoms with van der Waals surface area (Å²) in [5, 5.41) is 22.1. The van der Waals surface area contributed by atoms with E-state index in [1.807, 2.05) is 0 Å². The number of thioether (sulfide) groups is 1. The Morgan fingerprint density at radius 1 is 1.48 bits per heavy atom. The maximum atomic E-state index is 12.5. The zero-order chi connectivity index (χ0) is 19.6. The van der Waals surface area contributed by atoms with E-state index in [0.29, 0.717) is 10.6 Å². The molecule has 0 bridgehead atoms. The maximum Gasteiger partial charge on any atom is 0.337 e. The molecule has 0 spiro atoms. The number of nitro benzene ring substituents is 1. The van der Waals surface area contributed by atoms with Crippen LogP contribution in [0.1, 0.15) is 38.2 Å². The minimum Gasteiger partial charge on any atom is -0.502 e. The number of nitrogens with zero attached hydrogens (tertiary/aromatic N) is 2. The molecule has 0 amide bonds. The first-order chi connectivity index (χ1) is 12.9. The van der Waals surface area contributed by atoms with Crippen molar-refractivity contribution >= 4 is 41.2 Å². The summed E-state index contributed by atoms with van der Waals surface area (Å²) in [6.45, 7) is 2.04. The fourth-order valence-electron chi connectivity index (χ4n) is 3.45. The number of nitro groups is 1. The molecular weight excluding hydrogens is 392 g/mol. The van der Waals surface area contributed by atoms with Gasteiger partial charge in [-0.3, -0.25) is 10.1 Å². The van der Waals surface area contributed by atoms with Crippen LogP contribution in [0.3, 0.4) is 0 Å². The van der Waals surface area contributed by atoms with Crippen molar-refractivity contribution in [2.45, 2.75) is 37.9 Å². The number of rotatable bonds is 5. The topological polar surface area (TPSA) is 102 Å². The number of carbonyl (C=O) groups excluding carboxylic acids is 1. The van der Waals surface area contributed by atoms with Crippen LogP contribution in [-0.4, -0.2) is 34.1 Å². The van der Waals surface area contributed by atoms with Gasteiger partial charge in [-0.05, 0) is 25.8 Å². The molecular formula is C18H19ClN2O5S. The Balaban J connectivity index is 1.97. The van der Waals surface area contributed by atoms with Gasteiger partial charge in [-0.15, -0.1) is 11.8 Å². The third-order valence-electron chi connectivity index (χ3n) is 4.66. The van der Waals surface area contributed by atoms with Crippen LogP contribution < -0.4 is 0 Å². The number of aliphatic imine (C=N–C) groups is 1. The zero-order valence-corrected chi connectivity index (χ0v) is 16.3. The first-order valence-electron chi connectivity index (χ1n) is 8.71. The molecule has 1 aromatic rings. The van der Waals surface area contributed by atoms with E-state index >= 15 is 0 Å². The number of esters is 1. The summed E-state index contributed by atoms with van der Waals surface area (Å²) in [7, 11) is 0. The van der Waals surface area contributed by atoms with Crippen LogP contribution in [0.2, 0.25) is 5.02 Å². The lowest BCUT2D eigenvalue weighted by Gasteiger charge is -2.25. The normalized spacial score (nSPS) is 22.1. The van der Waals surface area contributed by atoms with Crippen LogP contribution in [0.15, 0.2) is 27.7 Å². The smallest absolute Gasteiger partial charge is 0.337 e. The number of phenolic OH excluding ortho intramolecular Hbond substituents is 1. The van der Waals surface area contributed by atoms with E-state index in [9.17, 15) is 20.0 Å². The predicted molar refractivity (Wildman–Crippen MR) is 104 cm³/mol. The molecule has 1 saturated carbocycles. The number of halogens is 1. The Hall–Kier alpha value is -2.06. The van der Waals surface area contributed by atoms with Crippen molar-refractivity contribution in [3.05, 3.63) is 43.4 Å². The second-order valence-electron chi connectivity index (χ2n) is 6.36. The molecule has 2 unspecified atom stereocenters. The number of fused-ring (bicyclic) bond motifs is 1. The Bertz CT molecular complexity index is 839. The van der Waals surface area contributed by atoms with Crippen molar-refractivity contribution in [2.24, 2.45) is 10.9 Å². The van der Waals surface area contributed by atoms with Gasteiger partial charge in [-0.2, -0.15) is 0 Å². The van der Waals surface area contributed by atoms with E-state index in [1.54, 1.807) is 6.92 Å². The van der Waals surface area contributed by atoms with E-state index in [2.05, 4.69) is 4.99 Å². The minimum absolute atomic E-state index is 0.109. The molecule has 1 aliphatic carbocycles. The Morgan fingerprint density at radius 3 is 2.93 bits per heavy atom. The van der Waals surface area contributed by atoms with Crippen molar-refractivity contribution in [3.8, 4) is 5.75 Å². The lowest BCUT2D eigenvalue weighted by Crippen LogP contribution is -2.24. The molecule has 7 nitrogen and oxygen atoms in total. The second kappa shape index (κ2) is 8.31. The summed E-state index contributed by atoms with van der Waals surface area (Å²) in [4.78, 5) is 27.2. The van der Waals surface area contributed by atoms with Gasteiger partial charge in [-0.25, -0.2) is 9.79 Å². The molecule has 2 aliphatic rings. The molecule has 9 heteroatoms. The number of benzene rings is 1. The van der Waals surface area contributed by atoms with Crippen molar-refractivity contribution in [1.82, 2.24) is 0 Å². The molecule has 3 rings (SSSR count). The quantitative estimate of drug-likeness (QED) is 0.333. The van der Waals surface area contributed by atoms with Gasteiger partial charge in [-0.1, -0.05) is 24.4 Å². The van der Waals surface area contributed by atoms with Crippen LogP contribution in [-0.2, 0) is 9.53 Å². The van der Waals surface area contributed by atoms with Gasteiger partial charge in [0.15, 0.2) is 0 Å². The zero-order valence-electron chi connectivity index (χ0n) is 14.7. The molecule has 1 aromatic carbocycles. The molecule has 0 saturated heterocycles. The van der Waals surface area contributed by atoms with Crippen molar-refractivity contribution in [2.75, 3.05) is 6.61 Å².